The van der Waals surface area contributed by atoms with Gasteiger partial charge in [-0.15, -0.1) is 0 Å². The molecule has 0 bridgehead atoms. The largest absolute Gasteiger partial charge is 0.399 e. The monoisotopic (exact) mass is 284 g/mol. The van der Waals surface area contributed by atoms with Crippen LogP contribution in [0.3, 0.4) is 0 Å². The van der Waals surface area contributed by atoms with Crippen LogP contribution in [0.1, 0.15) is 19.0 Å². The number of nitrogens with zero attached hydrogens (tertiary/aromatic N) is 3. The van der Waals surface area contributed by atoms with E-state index < -0.39 is 0 Å². The zero-order valence-corrected chi connectivity index (χ0v) is 13.0. The lowest BCUT2D eigenvalue weighted by Crippen LogP contribution is -2.46. The Morgan fingerprint density at radius 3 is 2.62 bits per heavy atom. The lowest BCUT2D eigenvalue weighted by Gasteiger charge is -2.36. The Morgan fingerprint density at radius 2 is 1.90 bits per heavy atom. The van der Waals surface area contributed by atoms with Crippen molar-refractivity contribution in [2.24, 2.45) is 0 Å². The molecule has 4 heteroatoms. The van der Waals surface area contributed by atoms with E-state index >= 15 is 0 Å². The van der Waals surface area contributed by atoms with E-state index in [9.17, 15) is 0 Å². The number of hydrogen-bond acceptors (Lipinski definition) is 4. The highest BCUT2D eigenvalue weighted by Crippen LogP contribution is 2.29. The first-order valence-corrected chi connectivity index (χ1v) is 7.81. The number of piperazine rings is 1. The SMILES string of the molecule is CCCN1CCN(c2cc(C)nc3ccc(N)cc23)CC1. The summed E-state index contributed by atoms with van der Waals surface area (Å²) in [5.41, 5.74) is 10.2. The fraction of sp³-hybridized carbons (Fsp3) is 0.471. The number of aromatic nitrogens is 1. The molecule has 0 saturated carbocycles. The minimum atomic E-state index is 0.805. The van der Waals surface area contributed by atoms with Gasteiger partial charge in [0.05, 0.1) is 5.52 Å². The van der Waals surface area contributed by atoms with E-state index in [1.54, 1.807) is 0 Å². The van der Waals surface area contributed by atoms with Crippen LogP contribution in [0.5, 0.6) is 0 Å². The van der Waals surface area contributed by atoms with Crippen LogP contribution in [0.15, 0.2) is 24.3 Å². The van der Waals surface area contributed by atoms with Crippen molar-refractivity contribution in [1.29, 1.82) is 0 Å². The molecule has 0 aliphatic carbocycles. The fourth-order valence-electron chi connectivity index (χ4n) is 3.14. The Kier molecular flexibility index (Phi) is 3.97. The molecule has 4 nitrogen and oxygen atoms in total. The minimum Gasteiger partial charge on any atom is -0.399 e. The predicted molar refractivity (Wildman–Crippen MR) is 89.8 cm³/mol. The first-order chi connectivity index (χ1) is 10.2. The van der Waals surface area contributed by atoms with Crippen LogP contribution in [0.4, 0.5) is 11.4 Å². The van der Waals surface area contributed by atoms with Crippen molar-refractivity contribution >= 4 is 22.3 Å². The second-order valence-corrected chi connectivity index (χ2v) is 5.89. The summed E-state index contributed by atoms with van der Waals surface area (Å²) in [5.74, 6) is 0. The molecule has 1 saturated heterocycles. The molecule has 112 valence electrons. The van der Waals surface area contributed by atoms with Crippen LogP contribution in [0.2, 0.25) is 0 Å². The van der Waals surface area contributed by atoms with Crippen LogP contribution in [-0.2, 0) is 0 Å². The molecule has 1 aliphatic heterocycles. The van der Waals surface area contributed by atoms with E-state index in [4.69, 9.17) is 5.73 Å². The summed E-state index contributed by atoms with van der Waals surface area (Å²) in [7, 11) is 0. The van der Waals surface area contributed by atoms with Crippen molar-refractivity contribution < 1.29 is 0 Å². The number of pyridine rings is 1. The molecule has 1 aromatic heterocycles. The number of hydrogen-bond donors (Lipinski definition) is 1. The highest BCUT2D eigenvalue weighted by molar-refractivity contribution is 5.94. The van der Waals surface area contributed by atoms with E-state index in [1.807, 2.05) is 12.1 Å². The van der Waals surface area contributed by atoms with Crippen molar-refractivity contribution in [2.75, 3.05) is 43.4 Å². The summed E-state index contributed by atoms with van der Waals surface area (Å²) < 4.78 is 0. The van der Waals surface area contributed by atoms with E-state index in [1.165, 1.54) is 24.0 Å². The molecule has 1 aromatic carbocycles. The zero-order chi connectivity index (χ0) is 14.8. The second kappa shape index (κ2) is 5.90. The van der Waals surface area contributed by atoms with Crippen LogP contribution in [0.25, 0.3) is 10.9 Å². The van der Waals surface area contributed by atoms with Gasteiger partial charge in [-0.3, -0.25) is 9.88 Å². The third kappa shape index (κ3) is 2.95. The quantitative estimate of drug-likeness (QED) is 0.880. The van der Waals surface area contributed by atoms with Gasteiger partial charge in [0, 0.05) is 48.6 Å². The van der Waals surface area contributed by atoms with Crippen molar-refractivity contribution in [3.63, 3.8) is 0 Å². The second-order valence-electron chi connectivity index (χ2n) is 5.89. The Labute approximate surface area is 126 Å². The van der Waals surface area contributed by atoms with Crippen LogP contribution in [0, 0.1) is 6.92 Å². The van der Waals surface area contributed by atoms with Crippen molar-refractivity contribution in [3.8, 4) is 0 Å². The number of nitrogen functional groups attached to an aromatic ring is 1. The molecule has 2 aromatic rings. The van der Waals surface area contributed by atoms with Crippen molar-refractivity contribution in [1.82, 2.24) is 9.88 Å². The number of anilines is 2. The van der Waals surface area contributed by atoms with Gasteiger partial charge in [-0.1, -0.05) is 6.92 Å². The number of nitrogens with two attached hydrogens (primary N) is 1. The first kappa shape index (κ1) is 14.1. The molecule has 0 atom stereocenters. The molecule has 21 heavy (non-hydrogen) atoms. The minimum absolute atomic E-state index is 0.805. The van der Waals surface area contributed by atoms with Gasteiger partial charge in [0.1, 0.15) is 0 Å². The highest BCUT2D eigenvalue weighted by Gasteiger charge is 2.18. The van der Waals surface area contributed by atoms with Gasteiger partial charge in [0.15, 0.2) is 0 Å². The number of aryl methyl sites for hydroxylation is 1. The summed E-state index contributed by atoms with van der Waals surface area (Å²) in [4.78, 5) is 9.64. The molecule has 2 N–H and O–H groups in total. The Morgan fingerprint density at radius 1 is 1.14 bits per heavy atom. The molecule has 0 radical (unpaired) electrons. The Hall–Kier alpha value is -1.81. The summed E-state index contributed by atoms with van der Waals surface area (Å²) in [6.07, 6.45) is 1.23. The Balaban J connectivity index is 1.91. The van der Waals surface area contributed by atoms with Gasteiger partial charge in [-0.05, 0) is 44.2 Å². The lowest BCUT2D eigenvalue weighted by molar-refractivity contribution is 0.258. The standard InChI is InChI=1S/C17H24N4/c1-3-6-20-7-9-21(10-8-20)17-11-13(2)19-16-5-4-14(18)12-15(16)17/h4-5,11-12H,3,6-10,18H2,1-2H3. The molecule has 1 aliphatic rings. The third-order valence-electron chi connectivity index (χ3n) is 4.19. The average Bonchev–Trinajstić information content (AvgIpc) is 2.48. The summed E-state index contributed by atoms with van der Waals surface area (Å²) >= 11 is 0. The number of benzene rings is 1. The summed E-state index contributed by atoms with van der Waals surface area (Å²) in [6.45, 7) is 9.94. The van der Waals surface area contributed by atoms with Gasteiger partial charge in [-0.25, -0.2) is 0 Å². The van der Waals surface area contributed by atoms with Gasteiger partial charge >= 0.3 is 0 Å². The predicted octanol–water partition coefficient (Wildman–Crippen LogP) is 2.66. The van der Waals surface area contributed by atoms with Crippen LogP contribution in [-0.4, -0.2) is 42.6 Å². The van der Waals surface area contributed by atoms with E-state index in [2.05, 4.69) is 40.8 Å². The molecule has 2 heterocycles. The van der Waals surface area contributed by atoms with Gasteiger partial charge < -0.3 is 10.6 Å². The maximum atomic E-state index is 5.97. The smallest absolute Gasteiger partial charge is 0.0727 e. The molecule has 0 unspecified atom stereocenters. The molecular weight excluding hydrogens is 260 g/mol. The topological polar surface area (TPSA) is 45.4 Å². The molecule has 0 amide bonds. The van der Waals surface area contributed by atoms with E-state index in [0.29, 0.717) is 0 Å². The summed E-state index contributed by atoms with van der Waals surface area (Å²) in [5, 5.41) is 1.17. The normalized spacial score (nSPS) is 16.6. The van der Waals surface area contributed by atoms with E-state index in [-0.39, 0.29) is 0 Å². The molecular formula is C17H24N4. The van der Waals surface area contributed by atoms with Crippen molar-refractivity contribution in [3.05, 3.63) is 30.0 Å². The van der Waals surface area contributed by atoms with Crippen molar-refractivity contribution in [2.45, 2.75) is 20.3 Å². The van der Waals surface area contributed by atoms with Crippen LogP contribution >= 0.6 is 0 Å². The highest BCUT2D eigenvalue weighted by atomic mass is 15.3. The number of rotatable bonds is 3. The van der Waals surface area contributed by atoms with Crippen LogP contribution < -0.4 is 10.6 Å². The fourth-order valence-corrected chi connectivity index (χ4v) is 3.14. The van der Waals surface area contributed by atoms with Gasteiger partial charge in [0.25, 0.3) is 0 Å². The average molecular weight is 284 g/mol. The zero-order valence-electron chi connectivity index (χ0n) is 13.0. The van der Waals surface area contributed by atoms with E-state index in [0.717, 1.165) is 43.1 Å². The lowest BCUT2D eigenvalue weighted by atomic mass is 10.1. The summed E-state index contributed by atoms with van der Waals surface area (Å²) in [6, 6.07) is 8.19. The van der Waals surface area contributed by atoms with Gasteiger partial charge in [0.2, 0.25) is 0 Å². The van der Waals surface area contributed by atoms with Gasteiger partial charge in [-0.2, -0.15) is 0 Å². The molecule has 1 fully saturated rings. The number of fused-ring (bicyclic) bond motifs is 1. The maximum absolute atomic E-state index is 5.97. The Bertz CT molecular complexity index is 630. The third-order valence-corrected chi connectivity index (χ3v) is 4.19. The maximum Gasteiger partial charge on any atom is 0.0727 e. The molecule has 0 spiro atoms. The first-order valence-electron chi connectivity index (χ1n) is 7.81. The molecule has 3 rings (SSSR count).